The molecule has 1 atom stereocenters. The molecule has 0 N–H and O–H groups in total. The van der Waals surface area contributed by atoms with Crippen LogP contribution in [0.5, 0.6) is 0 Å². The van der Waals surface area contributed by atoms with Crippen LogP contribution in [0.1, 0.15) is 45.3 Å². The summed E-state index contributed by atoms with van der Waals surface area (Å²) in [4.78, 5) is 21.6. The number of carbonyl (C=O) groups is 1. The average Bonchev–Trinajstić information content (AvgIpc) is 2.98. The number of benzene rings is 1. The summed E-state index contributed by atoms with van der Waals surface area (Å²) >= 11 is 6.12. The molecule has 0 saturated heterocycles. The third kappa shape index (κ3) is 2.96. The number of carbonyl (C=O) groups excluding carboxylic acids is 1. The fraction of sp³-hybridized carbons (Fsp3) is 0.263. The molecule has 0 radical (unpaired) electrons. The molecule has 1 aromatic carbocycles. The lowest BCUT2D eigenvalue weighted by Crippen LogP contribution is -2.21. The Bertz CT molecular complexity index is 959. The Hall–Kier alpha value is -2.53. The van der Waals surface area contributed by atoms with Gasteiger partial charge in [0.1, 0.15) is 0 Å². The lowest BCUT2D eigenvalue weighted by molar-refractivity contribution is 0.0963. The number of nitrogens with zero attached hydrogens (tertiary/aromatic N) is 4. The Morgan fingerprint density at radius 3 is 2.60 bits per heavy atom. The molecule has 0 fully saturated rings. The van der Waals surface area contributed by atoms with Gasteiger partial charge in [-0.25, -0.2) is 14.6 Å². The van der Waals surface area contributed by atoms with E-state index in [0.29, 0.717) is 29.4 Å². The summed E-state index contributed by atoms with van der Waals surface area (Å²) < 4.78 is 1.70. The summed E-state index contributed by atoms with van der Waals surface area (Å²) in [5.74, 6) is 0.695. The van der Waals surface area contributed by atoms with Crippen LogP contribution in [0.2, 0.25) is 5.02 Å². The second-order valence-corrected chi connectivity index (χ2v) is 6.89. The van der Waals surface area contributed by atoms with E-state index in [0.717, 1.165) is 22.6 Å². The van der Waals surface area contributed by atoms with Gasteiger partial charge in [-0.1, -0.05) is 23.7 Å². The first-order valence-electron chi connectivity index (χ1n) is 8.19. The number of rotatable bonds is 2. The lowest BCUT2D eigenvalue weighted by atomic mass is 9.82. The van der Waals surface area contributed by atoms with Gasteiger partial charge in [0, 0.05) is 22.8 Å². The fourth-order valence-electron chi connectivity index (χ4n) is 3.41. The highest BCUT2D eigenvalue weighted by Gasteiger charge is 2.30. The van der Waals surface area contributed by atoms with Crippen LogP contribution in [0.15, 0.2) is 36.5 Å². The molecule has 25 heavy (non-hydrogen) atoms. The second-order valence-electron chi connectivity index (χ2n) is 6.45. The molecule has 0 amide bonds. The number of aromatic nitrogens is 4. The molecule has 0 bridgehead atoms. The quantitative estimate of drug-likeness (QED) is 0.703. The standard InChI is InChI=1S/C19H17ClN4O/c1-11-6-12(2)23-19(22-11)24-17-8-14(9-18(25)16(17)10-21-24)13-4-3-5-15(20)7-13/h3-7,10,14H,8-9H2,1-2H3/t14-/m1/s1. The van der Waals surface area contributed by atoms with E-state index in [9.17, 15) is 4.79 Å². The van der Waals surface area contributed by atoms with E-state index in [-0.39, 0.29) is 11.7 Å². The van der Waals surface area contributed by atoms with E-state index in [4.69, 9.17) is 11.6 Å². The molecular formula is C19H17ClN4O. The second kappa shape index (κ2) is 6.08. The van der Waals surface area contributed by atoms with Crippen molar-refractivity contribution in [2.24, 2.45) is 0 Å². The van der Waals surface area contributed by atoms with Crippen molar-refractivity contribution in [2.75, 3.05) is 0 Å². The smallest absolute Gasteiger partial charge is 0.251 e. The van der Waals surface area contributed by atoms with Crippen LogP contribution >= 0.6 is 11.6 Å². The zero-order valence-corrected chi connectivity index (χ0v) is 14.8. The Labute approximate surface area is 150 Å². The Morgan fingerprint density at radius 1 is 1.12 bits per heavy atom. The average molecular weight is 353 g/mol. The summed E-state index contributed by atoms with van der Waals surface area (Å²) in [5.41, 5.74) is 4.36. The van der Waals surface area contributed by atoms with Crippen molar-refractivity contribution in [3.05, 3.63) is 69.8 Å². The minimum absolute atomic E-state index is 0.0834. The largest absolute Gasteiger partial charge is 0.294 e. The first-order chi connectivity index (χ1) is 12.0. The molecule has 0 aliphatic heterocycles. The molecule has 5 nitrogen and oxygen atoms in total. The molecule has 0 saturated carbocycles. The predicted octanol–water partition coefficient (Wildman–Crippen LogP) is 3.85. The summed E-state index contributed by atoms with van der Waals surface area (Å²) in [6.45, 7) is 3.85. The van der Waals surface area contributed by atoms with Gasteiger partial charge in [0.15, 0.2) is 5.78 Å². The van der Waals surface area contributed by atoms with Crippen molar-refractivity contribution in [3.8, 4) is 5.95 Å². The highest BCUT2D eigenvalue weighted by atomic mass is 35.5. The van der Waals surface area contributed by atoms with Gasteiger partial charge in [-0.15, -0.1) is 0 Å². The van der Waals surface area contributed by atoms with Crippen LogP contribution in [0.25, 0.3) is 5.95 Å². The van der Waals surface area contributed by atoms with Gasteiger partial charge in [-0.05, 0) is 49.9 Å². The summed E-state index contributed by atoms with van der Waals surface area (Å²) in [5, 5.41) is 5.07. The number of fused-ring (bicyclic) bond motifs is 1. The highest BCUT2D eigenvalue weighted by molar-refractivity contribution is 6.30. The summed E-state index contributed by atoms with van der Waals surface area (Å²) in [7, 11) is 0. The Kier molecular flexibility index (Phi) is 3.88. The molecule has 6 heteroatoms. The SMILES string of the molecule is Cc1cc(C)nc(-n2ncc3c2C[C@@H](c2cccc(Cl)c2)CC3=O)n1. The monoisotopic (exact) mass is 352 g/mol. The molecular weight excluding hydrogens is 336 g/mol. The van der Waals surface area contributed by atoms with Crippen molar-refractivity contribution in [1.29, 1.82) is 0 Å². The van der Waals surface area contributed by atoms with Gasteiger partial charge in [0.2, 0.25) is 0 Å². The number of halogens is 1. The van der Waals surface area contributed by atoms with Crippen LogP contribution < -0.4 is 0 Å². The molecule has 4 rings (SSSR count). The maximum atomic E-state index is 12.6. The van der Waals surface area contributed by atoms with Crippen molar-refractivity contribution >= 4 is 17.4 Å². The van der Waals surface area contributed by atoms with E-state index >= 15 is 0 Å². The molecule has 2 heterocycles. The molecule has 0 spiro atoms. The van der Waals surface area contributed by atoms with Crippen molar-refractivity contribution < 1.29 is 4.79 Å². The van der Waals surface area contributed by atoms with Crippen molar-refractivity contribution in [3.63, 3.8) is 0 Å². The summed E-state index contributed by atoms with van der Waals surface area (Å²) in [6, 6.07) is 9.62. The fourth-order valence-corrected chi connectivity index (χ4v) is 3.61. The van der Waals surface area contributed by atoms with Crippen LogP contribution in [-0.4, -0.2) is 25.5 Å². The third-order valence-electron chi connectivity index (χ3n) is 4.52. The molecule has 1 aliphatic carbocycles. The zero-order chi connectivity index (χ0) is 17.6. The predicted molar refractivity (Wildman–Crippen MR) is 95.5 cm³/mol. The maximum absolute atomic E-state index is 12.6. The minimum Gasteiger partial charge on any atom is -0.294 e. The van der Waals surface area contributed by atoms with Crippen LogP contribution in [0, 0.1) is 13.8 Å². The van der Waals surface area contributed by atoms with Crippen molar-refractivity contribution in [1.82, 2.24) is 19.7 Å². The van der Waals surface area contributed by atoms with E-state index < -0.39 is 0 Å². The maximum Gasteiger partial charge on any atom is 0.251 e. The molecule has 126 valence electrons. The number of aryl methyl sites for hydroxylation is 2. The van der Waals surface area contributed by atoms with Crippen LogP contribution in [-0.2, 0) is 6.42 Å². The number of hydrogen-bond acceptors (Lipinski definition) is 4. The van der Waals surface area contributed by atoms with Gasteiger partial charge < -0.3 is 0 Å². The van der Waals surface area contributed by atoms with Gasteiger partial charge in [-0.3, -0.25) is 4.79 Å². The van der Waals surface area contributed by atoms with Crippen molar-refractivity contribution in [2.45, 2.75) is 32.6 Å². The Morgan fingerprint density at radius 2 is 1.88 bits per heavy atom. The van der Waals surface area contributed by atoms with Gasteiger partial charge >= 0.3 is 0 Å². The normalized spacial score (nSPS) is 16.8. The van der Waals surface area contributed by atoms with Gasteiger partial charge in [0.25, 0.3) is 5.95 Å². The summed E-state index contributed by atoms with van der Waals surface area (Å²) in [6.07, 6.45) is 2.80. The van der Waals surface area contributed by atoms with Gasteiger partial charge in [0.05, 0.1) is 17.5 Å². The van der Waals surface area contributed by atoms with E-state index in [2.05, 4.69) is 15.1 Å². The molecule has 3 aromatic rings. The third-order valence-corrected chi connectivity index (χ3v) is 4.76. The van der Waals surface area contributed by atoms with E-state index in [1.165, 1.54) is 0 Å². The lowest BCUT2D eigenvalue weighted by Gasteiger charge is -2.22. The van der Waals surface area contributed by atoms with Crippen LogP contribution in [0.3, 0.4) is 0 Å². The number of ketones is 1. The van der Waals surface area contributed by atoms with Crippen LogP contribution in [0.4, 0.5) is 0 Å². The molecule has 1 aliphatic rings. The topological polar surface area (TPSA) is 60.7 Å². The Balaban J connectivity index is 1.77. The van der Waals surface area contributed by atoms with E-state index in [1.807, 2.05) is 44.2 Å². The van der Waals surface area contributed by atoms with E-state index in [1.54, 1.807) is 10.9 Å². The minimum atomic E-state index is 0.0834. The number of Topliss-reactive ketones (excluding diaryl/α,β-unsaturated/α-hetero) is 1. The zero-order valence-electron chi connectivity index (χ0n) is 14.0. The molecule has 0 unspecified atom stereocenters. The number of hydrogen-bond donors (Lipinski definition) is 0. The first kappa shape index (κ1) is 16.0. The highest BCUT2D eigenvalue weighted by Crippen LogP contribution is 2.34. The first-order valence-corrected chi connectivity index (χ1v) is 8.57. The molecule has 2 aromatic heterocycles. The van der Waals surface area contributed by atoms with Gasteiger partial charge in [-0.2, -0.15) is 5.10 Å².